The fraction of sp³-hybridized carbons (Fsp3) is 0.846. The SMILES string of the molecule is O=[C-]C(F)(F)I.[CH2-]C12CC3CC(CC(C3)C1)C2.[U+2]. The van der Waals surface area contributed by atoms with Crippen LogP contribution in [0.4, 0.5) is 8.78 Å². The van der Waals surface area contributed by atoms with Gasteiger partial charge in [0.2, 0.25) is 3.93 Å². The van der Waals surface area contributed by atoms with Crippen LogP contribution in [0.3, 0.4) is 0 Å². The molecule has 0 aliphatic heterocycles. The first-order valence-electron chi connectivity index (χ1n) is 6.11. The molecule has 0 radical (unpaired) electrons. The Bertz CT molecular complexity index is 269. The third-order valence-corrected chi connectivity index (χ3v) is 4.50. The molecule has 4 fully saturated rings. The van der Waals surface area contributed by atoms with Crippen LogP contribution in [-0.4, -0.2) is 10.2 Å². The molecule has 4 aliphatic rings. The van der Waals surface area contributed by atoms with E-state index < -0.39 is 3.93 Å². The molecule has 0 aromatic carbocycles. The van der Waals surface area contributed by atoms with Gasteiger partial charge in [-0.1, -0.05) is 19.3 Å². The summed E-state index contributed by atoms with van der Waals surface area (Å²) in [4.78, 5) is 8.94. The molecule has 0 aromatic rings. The molecular weight excluding hydrogens is 575 g/mol. The van der Waals surface area contributed by atoms with Crippen molar-refractivity contribution >= 4 is 28.9 Å². The van der Waals surface area contributed by atoms with Gasteiger partial charge in [-0.2, -0.15) is 11.7 Å². The van der Waals surface area contributed by atoms with E-state index in [1.807, 2.05) is 0 Å². The van der Waals surface area contributed by atoms with Gasteiger partial charge in [-0.25, -0.2) is 8.78 Å². The molecule has 0 N–H and O–H groups in total. The second kappa shape index (κ2) is 6.39. The van der Waals surface area contributed by atoms with Gasteiger partial charge in [-0.15, -0.1) is 0 Å². The molecule has 100 valence electrons. The van der Waals surface area contributed by atoms with Crippen molar-refractivity contribution in [3.8, 4) is 0 Å². The Labute approximate surface area is 145 Å². The first kappa shape index (κ1) is 17.4. The van der Waals surface area contributed by atoms with Crippen LogP contribution in [0.25, 0.3) is 0 Å². The van der Waals surface area contributed by atoms with Gasteiger partial charge in [0.05, 0.1) is 0 Å². The maximum absolute atomic E-state index is 11.0. The molecule has 0 aromatic heterocycles. The van der Waals surface area contributed by atoms with Crippen molar-refractivity contribution in [1.82, 2.24) is 0 Å². The second-order valence-corrected chi connectivity index (χ2v) is 7.37. The summed E-state index contributed by atoms with van der Waals surface area (Å²) < 4.78 is 18.7. The minimum Gasteiger partial charge on any atom is -0.535 e. The van der Waals surface area contributed by atoms with Gasteiger partial charge < -0.3 is 11.7 Å². The largest absolute Gasteiger partial charge is 2.00 e. The summed E-state index contributed by atoms with van der Waals surface area (Å²) in [6, 6.07) is 0. The third-order valence-electron chi connectivity index (χ3n) is 4.28. The number of carbonyl (C=O) groups excluding carboxylic acids is 1. The van der Waals surface area contributed by atoms with Gasteiger partial charge in [-0.3, -0.25) is 0 Å². The van der Waals surface area contributed by atoms with E-state index in [4.69, 9.17) is 4.79 Å². The molecule has 0 heterocycles. The molecule has 4 bridgehead atoms. The number of hydrogen-bond donors (Lipinski definition) is 0. The van der Waals surface area contributed by atoms with E-state index in [9.17, 15) is 8.78 Å². The summed E-state index contributed by atoms with van der Waals surface area (Å²) in [5.74, 6) is 3.25. The molecule has 0 spiro atoms. The zero-order valence-corrected chi connectivity index (χ0v) is 16.5. The van der Waals surface area contributed by atoms with E-state index in [0.717, 1.165) is 17.8 Å². The summed E-state index contributed by atoms with van der Waals surface area (Å²) in [6.45, 7) is 4.43. The Morgan fingerprint density at radius 3 is 1.56 bits per heavy atom. The minimum atomic E-state index is -3.29. The average molecular weight is 592 g/mol. The van der Waals surface area contributed by atoms with E-state index in [0.29, 0.717) is 34.3 Å². The molecule has 1 nitrogen and oxygen atoms in total. The fourth-order valence-corrected chi connectivity index (χ4v) is 4.29. The maximum atomic E-state index is 11.0. The van der Waals surface area contributed by atoms with Gasteiger partial charge >= 0.3 is 31.1 Å². The molecule has 4 aliphatic carbocycles. The van der Waals surface area contributed by atoms with Crippen molar-refractivity contribution in [1.29, 1.82) is 0 Å². The van der Waals surface area contributed by atoms with E-state index >= 15 is 0 Å². The van der Waals surface area contributed by atoms with Gasteiger partial charge in [0.15, 0.2) is 0 Å². The summed E-state index contributed by atoms with van der Waals surface area (Å²) in [5, 5.41) is 0. The molecule has 4 rings (SSSR count). The van der Waals surface area contributed by atoms with E-state index in [1.165, 1.54) is 19.3 Å². The number of halogens is 3. The van der Waals surface area contributed by atoms with Crippen LogP contribution in [0.2, 0.25) is 0 Å². The van der Waals surface area contributed by atoms with E-state index in [2.05, 4.69) is 6.92 Å². The molecule has 0 unspecified atom stereocenters. The number of alkyl halides is 3. The van der Waals surface area contributed by atoms with E-state index in [1.54, 1.807) is 19.3 Å². The molecule has 0 saturated heterocycles. The molecule has 4 saturated carbocycles. The van der Waals surface area contributed by atoms with E-state index in [-0.39, 0.29) is 31.1 Å². The second-order valence-electron chi connectivity index (χ2n) is 6.02. The zero-order chi connectivity index (χ0) is 12.7. The Balaban J connectivity index is 0.000000205. The minimum absolute atomic E-state index is 0. The van der Waals surface area contributed by atoms with Crippen LogP contribution in [-0.2, 0) is 4.79 Å². The Morgan fingerprint density at radius 1 is 1.11 bits per heavy atom. The van der Waals surface area contributed by atoms with Crippen LogP contribution >= 0.6 is 22.6 Å². The van der Waals surface area contributed by atoms with Crippen LogP contribution in [0.1, 0.15) is 38.5 Å². The topological polar surface area (TPSA) is 17.1 Å². The molecule has 0 atom stereocenters. The molecule has 18 heavy (non-hydrogen) atoms. The predicted molar refractivity (Wildman–Crippen MR) is 70.6 cm³/mol. The monoisotopic (exact) mass is 592 g/mol. The molecular formula is C13H17F2IOU. The summed E-state index contributed by atoms with van der Waals surface area (Å²) in [5.41, 5.74) is 0.550. The average Bonchev–Trinajstić information content (AvgIpc) is 2.13. The van der Waals surface area contributed by atoms with Crippen LogP contribution in [0, 0.1) is 61.2 Å². The zero-order valence-electron chi connectivity index (χ0n) is 10.2. The Kier molecular flexibility index (Phi) is 6.16. The maximum Gasteiger partial charge on any atom is 2.00 e. The van der Waals surface area contributed by atoms with Gasteiger partial charge in [0.25, 0.3) is 0 Å². The fourth-order valence-electron chi connectivity index (χ4n) is 4.29. The van der Waals surface area contributed by atoms with Crippen LogP contribution in [0.5, 0.6) is 0 Å². The Morgan fingerprint density at radius 2 is 1.39 bits per heavy atom. The van der Waals surface area contributed by atoms with Crippen molar-refractivity contribution < 1.29 is 44.7 Å². The number of hydrogen-bond acceptors (Lipinski definition) is 1. The van der Waals surface area contributed by atoms with Crippen molar-refractivity contribution in [2.75, 3.05) is 0 Å². The first-order valence-corrected chi connectivity index (χ1v) is 7.19. The van der Waals surface area contributed by atoms with Crippen molar-refractivity contribution in [3.05, 3.63) is 6.92 Å². The van der Waals surface area contributed by atoms with Gasteiger partial charge in [0, 0.05) is 0 Å². The normalized spacial score (nSPS) is 40.6. The number of rotatable bonds is 1. The first-order chi connectivity index (χ1) is 7.80. The summed E-state index contributed by atoms with van der Waals surface area (Å²) in [6.07, 6.45) is 9.53. The van der Waals surface area contributed by atoms with Gasteiger partial charge in [0.1, 0.15) is 0 Å². The van der Waals surface area contributed by atoms with Crippen LogP contribution < -0.4 is 0 Å². The molecule has 5 heteroatoms. The van der Waals surface area contributed by atoms with Crippen molar-refractivity contribution in [3.63, 3.8) is 0 Å². The van der Waals surface area contributed by atoms with Gasteiger partial charge in [-0.05, 0) is 59.6 Å². The molecule has 0 amide bonds. The smallest absolute Gasteiger partial charge is 0.535 e. The quantitative estimate of drug-likeness (QED) is 0.254. The van der Waals surface area contributed by atoms with Crippen molar-refractivity contribution in [2.24, 2.45) is 23.2 Å². The third kappa shape index (κ3) is 4.70. The Hall–Kier alpha value is 1.31. The summed E-state index contributed by atoms with van der Waals surface area (Å²) in [7, 11) is 0. The van der Waals surface area contributed by atoms with Crippen molar-refractivity contribution in [2.45, 2.75) is 42.5 Å². The summed E-state index contributed by atoms with van der Waals surface area (Å²) >= 11 is 0.684. The predicted octanol–water partition coefficient (Wildman–Crippen LogP) is 4.16. The standard InChI is InChI=1S/C11H17.C2F2IO.U/c1-11-5-8-2-9(6-11)4-10(3-8)7-11;3-2(4,5)1-6;/h8-10H,1-7H2;;/q2*-1;+2. The van der Waals surface area contributed by atoms with Crippen LogP contribution in [0.15, 0.2) is 0 Å².